The molecular formula is C13H15ClN2O2. The van der Waals surface area contributed by atoms with Crippen molar-refractivity contribution < 1.29 is 9.21 Å². The Morgan fingerprint density at radius 3 is 2.83 bits per heavy atom. The summed E-state index contributed by atoms with van der Waals surface area (Å²) in [6.45, 7) is 1.34. The third kappa shape index (κ3) is 2.21. The molecule has 1 aromatic heterocycles. The van der Waals surface area contributed by atoms with Crippen molar-refractivity contribution in [3.05, 3.63) is 36.1 Å². The number of hydrogen-bond acceptors (Lipinski definition) is 3. The van der Waals surface area contributed by atoms with Crippen molar-refractivity contribution >= 4 is 29.3 Å². The molecule has 5 heteroatoms. The first-order valence-electron chi connectivity index (χ1n) is 5.77. The van der Waals surface area contributed by atoms with Gasteiger partial charge in [-0.1, -0.05) is 18.2 Å². The van der Waals surface area contributed by atoms with Crippen LogP contribution in [0.1, 0.15) is 17.0 Å². The number of nitrogens with zero attached hydrogens (tertiary/aromatic N) is 1. The third-order valence-corrected chi connectivity index (χ3v) is 3.15. The van der Waals surface area contributed by atoms with Gasteiger partial charge in [-0.25, -0.2) is 0 Å². The topological polar surface area (TPSA) is 59.5 Å². The summed E-state index contributed by atoms with van der Waals surface area (Å²) in [5.41, 5.74) is 6.54. The zero-order valence-electron chi connectivity index (χ0n) is 9.83. The van der Waals surface area contributed by atoms with Crippen LogP contribution in [0.4, 0.5) is 0 Å². The highest BCUT2D eigenvalue weighted by Crippen LogP contribution is 2.21. The van der Waals surface area contributed by atoms with Crippen LogP contribution in [0.2, 0.25) is 0 Å². The van der Waals surface area contributed by atoms with Crippen LogP contribution in [-0.4, -0.2) is 29.9 Å². The summed E-state index contributed by atoms with van der Waals surface area (Å²) >= 11 is 0. The van der Waals surface area contributed by atoms with Gasteiger partial charge < -0.3 is 15.1 Å². The highest BCUT2D eigenvalue weighted by molar-refractivity contribution is 5.96. The van der Waals surface area contributed by atoms with Gasteiger partial charge in [-0.15, -0.1) is 12.4 Å². The summed E-state index contributed by atoms with van der Waals surface area (Å²) in [5, 5.41) is 0.958. The standard InChI is InChI=1S/C13H14N2O2.ClH/c14-10-5-6-15(8-10)13(16)12-7-9-3-1-2-4-11(9)17-12;/h1-4,7,10H,5-6,8,14H2;1H/t10-;/m1./s1. The summed E-state index contributed by atoms with van der Waals surface area (Å²) in [6.07, 6.45) is 0.867. The van der Waals surface area contributed by atoms with Gasteiger partial charge in [-0.3, -0.25) is 4.79 Å². The Balaban J connectivity index is 0.00000120. The van der Waals surface area contributed by atoms with Gasteiger partial charge in [0, 0.05) is 24.5 Å². The van der Waals surface area contributed by atoms with E-state index in [4.69, 9.17) is 10.2 Å². The molecule has 1 aliphatic heterocycles. The van der Waals surface area contributed by atoms with Gasteiger partial charge in [-0.2, -0.15) is 0 Å². The van der Waals surface area contributed by atoms with E-state index in [2.05, 4.69) is 0 Å². The van der Waals surface area contributed by atoms with E-state index in [0.29, 0.717) is 12.3 Å². The quantitative estimate of drug-likeness (QED) is 0.859. The predicted octanol–water partition coefficient (Wildman–Crippen LogP) is 2.03. The monoisotopic (exact) mass is 266 g/mol. The van der Waals surface area contributed by atoms with Crippen LogP contribution in [0.25, 0.3) is 11.0 Å². The minimum atomic E-state index is -0.0610. The normalized spacial score (nSPS) is 18.9. The average Bonchev–Trinajstić information content (AvgIpc) is 2.93. The minimum Gasteiger partial charge on any atom is -0.451 e. The molecule has 96 valence electrons. The van der Waals surface area contributed by atoms with Crippen LogP contribution in [0.5, 0.6) is 0 Å². The lowest BCUT2D eigenvalue weighted by Gasteiger charge is -2.13. The van der Waals surface area contributed by atoms with Gasteiger partial charge in [0.05, 0.1) is 0 Å². The van der Waals surface area contributed by atoms with Crippen LogP contribution < -0.4 is 5.73 Å². The Labute approximate surface area is 111 Å². The van der Waals surface area contributed by atoms with Crippen molar-refractivity contribution in [2.75, 3.05) is 13.1 Å². The SMILES string of the molecule is Cl.N[C@@H]1CCN(C(=O)c2cc3ccccc3o2)C1. The number of rotatable bonds is 1. The molecule has 2 aromatic rings. The maximum atomic E-state index is 12.1. The second kappa shape index (κ2) is 5.00. The van der Waals surface area contributed by atoms with Crippen LogP contribution >= 0.6 is 12.4 Å². The number of carbonyl (C=O) groups excluding carboxylic acids is 1. The van der Waals surface area contributed by atoms with Gasteiger partial charge in [0.25, 0.3) is 5.91 Å². The second-order valence-electron chi connectivity index (χ2n) is 4.45. The zero-order valence-corrected chi connectivity index (χ0v) is 10.7. The molecular weight excluding hydrogens is 252 g/mol. The van der Waals surface area contributed by atoms with E-state index < -0.39 is 0 Å². The van der Waals surface area contributed by atoms with Gasteiger partial charge in [0.2, 0.25) is 0 Å². The summed E-state index contributed by atoms with van der Waals surface area (Å²) < 4.78 is 5.55. The molecule has 3 rings (SSSR count). The van der Waals surface area contributed by atoms with Crippen molar-refractivity contribution in [2.45, 2.75) is 12.5 Å². The van der Waals surface area contributed by atoms with Crippen LogP contribution in [0.15, 0.2) is 34.7 Å². The molecule has 2 N–H and O–H groups in total. The number of furan rings is 1. The fraction of sp³-hybridized carbons (Fsp3) is 0.308. The summed E-state index contributed by atoms with van der Waals surface area (Å²) in [4.78, 5) is 13.9. The van der Waals surface area contributed by atoms with Crippen molar-refractivity contribution in [3.8, 4) is 0 Å². The molecule has 0 unspecified atom stereocenters. The lowest BCUT2D eigenvalue weighted by Crippen LogP contribution is -2.31. The molecule has 1 atom stereocenters. The number of likely N-dealkylation sites (tertiary alicyclic amines) is 1. The van der Waals surface area contributed by atoms with E-state index in [9.17, 15) is 4.79 Å². The molecule has 0 aliphatic carbocycles. The largest absolute Gasteiger partial charge is 0.451 e. The van der Waals surface area contributed by atoms with Crippen molar-refractivity contribution in [2.24, 2.45) is 5.73 Å². The maximum Gasteiger partial charge on any atom is 0.289 e. The number of hydrogen-bond donors (Lipinski definition) is 1. The summed E-state index contributed by atoms with van der Waals surface area (Å²) in [7, 11) is 0. The van der Waals surface area contributed by atoms with Gasteiger partial charge in [0.1, 0.15) is 5.58 Å². The number of carbonyl (C=O) groups is 1. The predicted molar refractivity (Wildman–Crippen MR) is 72.0 cm³/mol. The molecule has 0 saturated carbocycles. The summed E-state index contributed by atoms with van der Waals surface area (Å²) in [5.74, 6) is 0.342. The maximum absolute atomic E-state index is 12.1. The highest BCUT2D eigenvalue weighted by Gasteiger charge is 2.26. The highest BCUT2D eigenvalue weighted by atomic mass is 35.5. The van der Waals surface area contributed by atoms with E-state index in [1.165, 1.54) is 0 Å². The first-order chi connectivity index (χ1) is 8.24. The molecule has 0 radical (unpaired) electrons. The number of amides is 1. The Morgan fingerprint density at radius 2 is 2.17 bits per heavy atom. The first kappa shape index (κ1) is 12.9. The molecule has 2 heterocycles. The van der Waals surface area contributed by atoms with E-state index in [-0.39, 0.29) is 24.4 Å². The fourth-order valence-electron chi connectivity index (χ4n) is 2.21. The van der Waals surface area contributed by atoms with Crippen molar-refractivity contribution in [1.82, 2.24) is 4.90 Å². The minimum absolute atomic E-state index is 0. The van der Waals surface area contributed by atoms with E-state index in [1.54, 1.807) is 11.0 Å². The molecule has 1 saturated heterocycles. The number of nitrogens with two attached hydrogens (primary N) is 1. The van der Waals surface area contributed by atoms with Crippen molar-refractivity contribution in [3.63, 3.8) is 0 Å². The Kier molecular flexibility index (Phi) is 3.59. The average molecular weight is 267 g/mol. The third-order valence-electron chi connectivity index (χ3n) is 3.15. The number of halogens is 1. The van der Waals surface area contributed by atoms with Crippen molar-refractivity contribution in [1.29, 1.82) is 0 Å². The molecule has 1 aromatic carbocycles. The van der Waals surface area contributed by atoms with Crippen LogP contribution in [0, 0.1) is 0 Å². The second-order valence-corrected chi connectivity index (χ2v) is 4.45. The zero-order chi connectivity index (χ0) is 11.8. The number of fused-ring (bicyclic) bond motifs is 1. The first-order valence-corrected chi connectivity index (χ1v) is 5.77. The molecule has 0 spiro atoms. The Hall–Kier alpha value is -1.52. The number of para-hydroxylation sites is 1. The molecule has 0 bridgehead atoms. The van der Waals surface area contributed by atoms with Gasteiger partial charge in [-0.05, 0) is 18.6 Å². The lowest BCUT2D eigenvalue weighted by molar-refractivity contribution is 0.0761. The van der Waals surface area contributed by atoms with E-state index in [1.807, 2.05) is 24.3 Å². The molecule has 18 heavy (non-hydrogen) atoms. The number of benzene rings is 1. The smallest absolute Gasteiger partial charge is 0.289 e. The molecule has 1 aliphatic rings. The Bertz CT molecular complexity index is 534. The van der Waals surface area contributed by atoms with E-state index >= 15 is 0 Å². The van der Waals surface area contributed by atoms with E-state index in [0.717, 1.165) is 23.9 Å². The van der Waals surface area contributed by atoms with Gasteiger partial charge in [0.15, 0.2) is 5.76 Å². The molecule has 4 nitrogen and oxygen atoms in total. The van der Waals surface area contributed by atoms with Crippen LogP contribution in [0.3, 0.4) is 0 Å². The molecule has 1 fully saturated rings. The van der Waals surface area contributed by atoms with Gasteiger partial charge >= 0.3 is 0 Å². The summed E-state index contributed by atoms with van der Waals surface area (Å²) in [6, 6.07) is 9.52. The van der Waals surface area contributed by atoms with Crippen LogP contribution in [-0.2, 0) is 0 Å². The molecule has 1 amide bonds. The fourth-order valence-corrected chi connectivity index (χ4v) is 2.21. The Morgan fingerprint density at radius 1 is 1.39 bits per heavy atom. The lowest BCUT2D eigenvalue weighted by atomic mass is 10.2.